The third-order valence-electron chi connectivity index (χ3n) is 6.33. The molecule has 0 radical (unpaired) electrons. The Hall–Kier alpha value is 0.230. The van der Waals surface area contributed by atoms with Gasteiger partial charge in [-0.1, -0.05) is 0 Å². The zero-order valence-electron chi connectivity index (χ0n) is 19.4. The molecule has 15 atom stereocenters. The third kappa shape index (κ3) is 7.70. The van der Waals surface area contributed by atoms with Crippen LogP contribution in [-0.2, 0) is 23.7 Å². The molecule has 0 saturated carbocycles. The Morgan fingerprint density at radius 2 is 0.892 bits per heavy atom. The van der Waals surface area contributed by atoms with E-state index in [0.717, 1.165) is 0 Å². The van der Waals surface area contributed by atoms with Gasteiger partial charge in [-0.25, -0.2) is 0 Å². The number of halogens is 3. The first kappa shape index (κ1) is 37.2. The van der Waals surface area contributed by atoms with Crippen molar-refractivity contribution in [3.8, 4) is 0 Å². The Labute approximate surface area is 230 Å². The maximum absolute atomic E-state index is 10.8. The summed E-state index contributed by atoms with van der Waals surface area (Å²) in [5, 5.41) is 79.6. The standard InChI is InChI=1S/C18H35N3O13.3ClH/c19-7-12(27)14(5(2-23)30-16(7)29)33-18-9(21)13(28)15(6(3-24)32-18)34-17-8(20)11(26)10(25)4(1-22)31-17;;;/h4-18,22-29H,1-3,19-21H2;3*1H. The van der Waals surface area contributed by atoms with Gasteiger partial charge in [0, 0.05) is 0 Å². The van der Waals surface area contributed by atoms with E-state index in [1.54, 1.807) is 0 Å². The molecule has 3 rings (SSSR count). The molecule has 3 heterocycles. The van der Waals surface area contributed by atoms with Crippen LogP contribution in [0.1, 0.15) is 0 Å². The van der Waals surface area contributed by atoms with Gasteiger partial charge in [0.25, 0.3) is 0 Å². The summed E-state index contributed by atoms with van der Waals surface area (Å²) in [6.45, 7) is -2.00. The Morgan fingerprint density at radius 3 is 1.35 bits per heavy atom. The first-order valence-corrected chi connectivity index (χ1v) is 10.8. The molecule has 0 aromatic rings. The maximum atomic E-state index is 10.8. The van der Waals surface area contributed by atoms with E-state index in [4.69, 9.17) is 40.9 Å². The average molecular weight is 611 g/mol. The molecule has 16 nitrogen and oxygen atoms in total. The summed E-state index contributed by atoms with van der Waals surface area (Å²) in [6.07, 6.45) is -16.8. The second kappa shape index (κ2) is 15.9. The Balaban J connectivity index is 0.00000432. The van der Waals surface area contributed by atoms with Crippen molar-refractivity contribution in [1.29, 1.82) is 0 Å². The van der Waals surface area contributed by atoms with Crippen molar-refractivity contribution in [1.82, 2.24) is 0 Å². The molecule has 3 aliphatic rings. The van der Waals surface area contributed by atoms with Gasteiger partial charge >= 0.3 is 0 Å². The molecule has 15 unspecified atom stereocenters. The zero-order chi connectivity index (χ0) is 25.3. The molecule has 0 aromatic heterocycles. The second-order valence-electron chi connectivity index (χ2n) is 8.59. The minimum atomic E-state index is -1.56. The van der Waals surface area contributed by atoms with Crippen LogP contribution in [0.15, 0.2) is 0 Å². The summed E-state index contributed by atoms with van der Waals surface area (Å²) < 4.78 is 27.4. The molecule has 0 aliphatic carbocycles. The largest absolute Gasteiger partial charge is 0.394 e. The van der Waals surface area contributed by atoms with Gasteiger partial charge in [-0.15, -0.1) is 37.2 Å². The van der Waals surface area contributed by atoms with E-state index in [9.17, 15) is 40.9 Å². The van der Waals surface area contributed by atoms with Crippen LogP contribution in [0, 0.1) is 0 Å². The van der Waals surface area contributed by atoms with Crippen LogP contribution < -0.4 is 17.2 Å². The minimum absolute atomic E-state index is 0. The predicted molar refractivity (Wildman–Crippen MR) is 129 cm³/mol. The Morgan fingerprint density at radius 1 is 0.514 bits per heavy atom. The second-order valence-corrected chi connectivity index (χ2v) is 8.59. The summed E-state index contributed by atoms with van der Waals surface area (Å²) in [5.41, 5.74) is 17.6. The van der Waals surface area contributed by atoms with Gasteiger partial charge < -0.3 is 81.7 Å². The van der Waals surface area contributed by atoms with Gasteiger partial charge in [0.1, 0.15) is 54.9 Å². The predicted octanol–water partition coefficient (Wildman–Crippen LogP) is -6.41. The van der Waals surface area contributed by atoms with E-state index in [1.807, 2.05) is 0 Å². The van der Waals surface area contributed by atoms with Crippen LogP contribution in [0.2, 0.25) is 0 Å². The molecule has 19 heteroatoms. The average Bonchev–Trinajstić information content (AvgIpc) is 2.83. The number of aliphatic hydroxyl groups excluding tert-OH is 8. The van der Waals surface area contributed by atoms with Crippen molar-refractivity contribution < 1.29 is 64.5 Å². The van der Waals surface area contributed by atoms with E-state index >= 15 is 0 Å². The quantitative estimate of drug-likeness (QED) is 0.128. The van der Waals surface area contributed by atoms with Crippen molar-refractivity contribution in [2.24, 2.45) is 17.2 Å². The third-order valence-corrected chi connectivity index (χ3v) is 6.33. The zero-order valence-corrected chi connectivity index (χ0v) is 21.8. The highest BCUT2D eigenvalue weighted by atomic mass is 35.5. The fraction of sp³-hybridized carbons (Fsp3) is 1.00. The van der Waals surface area contributed by atoms with Gasteiger partial charge in [-0.3, -0.25) is 0 Å². The molecule has 37 heavy (non-hydrogen) atoms. The smallest absolute Gasteiger partial charge is 0.176 e. The highest BCUT2D eigenvalue weighted by Crippen LogP contribution is 2.31. The summed E-state index contributed by atoms with van der Waals surface area (Å²) in [4.78, 5) is 0. The first-order chi connectivity index (χ1) is 16.0. The summed E-state index contributed by atoms with van der Waals surface area (Å²) in [6, 6.07) is -3.87. The fourth-order valence-corrected chi connectivity index (χ4v) is 4.18. The first-order valence-electron chi connectivity index (χ1n) is 10.8. The summed E-state index contributed by atoms with van der Waals surface area (Å²) >= 11 is 0. The molecule has 0 amide bonds. The highest BCUT2D eigenvalue weighted by Gasteiger charge is 2.52. The van der Waals surface area contributed by atoms with Crippen LogP contribution in [0.25, 0.3) is 0 Å². The lowest BCUT2D eigenvalue weighted by Gasteiger charge is -2.48. The SMILES string of the molecule is Cl.Cl.Cl.NC1C(OC2C(CO)OC(OC3C(CO)OC(O)C(N)C3O)C(N)C2O)OC(CO)C(O)C1O. The number of nitrogens with two attached hydrogens (primary N) is 3. The van der Waals surface area contributed by atoms with Crippen LogP contribution >= 0.6 is 37.2 Å². The monoisotopic (exact) mass is 609 g/mol. The van der Waals surface area contributed by atoms with Crippen molar-refractivity contribution in [2.45, 2.75) is 91.9 Å². The number of ether oxygens (including phenoxy) is 5. The van der Waals surface area contributed by atoms with E-state index in [-0.39, 0.29) is 37.2 Å². The molecular weight excluding hydrogens is 573 g/mol. The lowest BCUT2D eigenvalue weighted by Crippen LogP contribution is -2.69. The molecule has 0 spiro atoms. The molecule has 224 valence electrons. The number of hydrogen-bond acceptors (Lipinski definition) is 16. The van der Waals surface area contributed by atoms with E-state index in [1.165, 1.54) is 0 Å². The van der Waals surface area contributed by atoms with E-state index in [2.05, 4.69) is 0 Å². The van der Waals surface area contributed by atoms with Gasteiger partial charge in [-0.2, -0.15) is 0 Å². The minimum Gasteiger partial charge on any atom is -0.394 e. The highest BCUT2D eigenvalue weighted by molar-refractivity contribution is 5.86. The molecule has 3 fully saturated rings. The van der Waals surface area contributed by atoms with Crippen molar-refractivity contribution in [3.05, 3.63) is 0 Å². The molecule has 14 N–H and O–H groups in total. The van der Waals surface area contributed by atoms with E-state index < -0.39 is 112 Å². The summed E-state index contributed by atoms with van der Waals surface area (Å²) in [5.74, 6) is 0. The van der Waals surface area contributed by atoms with Gasteiger partial charge in [0.15, 0.2) is 18.9 Å². The maximum Gasteiger partial charge on any atom is 0.176 e. The Bertz CT molecular complexity index is 661. The molecular formula is C18H38Cl3N3O13. The normalized spacial score (nSPS) is 48.2. The van der Waals surface area contributed by atoms with Crippen LogP contribution in [0.5, 0.6) is 0 Å². The Kier molecular flexibility index (Phi) is 16.0. The number of hydrogen-bond donors (Lipinski definition) is 11. The van der Waals surface area contributed by atoms with Gasteiger partial charge in [0.05, 0.1) is 37.9 Å². The van der Waals surface area contributed by atoms with Crippen LogP contribution in [0.3, 0.4) is 0 Å². The topological polar surface area (TPSA) is 286 Å². The fourth-order valence-electron chi connectivity index (χ4n) is 4.18. The van der Waals surface area contributed by atoms with Crippen LogP contribution in [-0.4, -0.2) is 153 Å². The van der Waals surface area contributed by atoms with Crippen LogP contribution in [0.4, 0.5) is 0 Å². The van der Waals surface area contributed by atoms with E-state index in [0.29, 0.717) is 0 Å². The lowest BCUT2D eigenvalue weighted by atomic mass is 9.94. The molecule has 3 saturated heterocycles. The van der Waals surface area contributed by atoms with Crippen molar-refractivity contribution >= 4 is 37.2 Å². The van der Waals surface area contributed by atoms with Gasteiger partial charge in [0.2, 0.25) is 0 Å². The van der Waals surface area contributed by atoms with Crippen molar-refractivity contribution in [2.75, 3.05) is 19.8 Å². The van der Waals surface area contributed by atoms with Crippen molar-refractivity contribution in [3.63, 3.8) is 0 Å². The number of aliphatic hydroxyl groups is 8. The number of rotatable bonds is 7. The lowest BCUT2D eigenvalue weighted by molar-refractivity contribution is -0.348. The summed E-state index contributed by atoms with van der Waals surface area (Å²) in [7, 11) is 0. The molecule has 0 aromatic carbocycles. The molecule has 3 aliphatic heterocycles. The molecule has 0 bridgehead atoms. The van der Waals surface area contributed by atoms with Gasteiger partial charge in [-0.05, 0) is 0 Å².